The topological polar surface area (TPSA) is 37.3 Å². The molecule has 1 N–H and O–H groups in total. The number of fused-ring (bicyclic) bond motifs is 5. The van der Waals surface area contributed by atoms with Crippen LogP contribution in [0.3, 0.4) is 0 Å². The van der Waals surface area contributed by atoms with E-state index in [1.807, 2.05) is 12.1 Å². The number of aromatic hydroxyl groups is 1. The van der Waals surface area contributed by atoms with Crippen LogP contribution < -0.4 is 0 Å². The Morgan fingerprint density at radius 3 is 2.91 bits per heavy atom. The van der Waals surface area contributed by atoms with Gasteiger partial charge < -0.3 is 5.11 Å². The molecular weight excluding hydrogens is 284 g/mol. The molecule has 2 heteroatoms. The van der Waals surface area contributed by atoms with E-state index in [0.717, 1.165) is 44.1 Å². The number of hydrogen-bond donors (Lipinski definition) is 1. The van der Waals surface area contributed by atoms with E-state index in [1.165, 1.54) is 17.5 Å². The van der Waals surface area contributed by atoms with Gasteiger partial charge in [-0.25, -0.2) is 0 Å². The molecule has 0 aliphatic heterocycles. The van der Waals surface area contributed by atoms with Gasteiger partial charge in [-0.2, -0.15) is 0 Å². The third kappa shape index (κ3) is 2.10. The van der Waals surface area contributed by atoms with Gasteiger partial charge in [0.1, 0.15) is 11.5 Å². The van der Waals surface area contributed by atoms with Crippen molar-refractivity contribution >= 4 is 5.78 Å². The van der Waals surface area contributed by atoms with E-state index in [9.17, 15) is 9.90 Å². The highest BCUT2D eigenvalue weighted by atomic mass is 16.3. The molecule has 0 radical (unpaired) electrons. The lowest BCUT2D eigenvalue weighted by atomic mass is 9.55. The molecule has 0 bridgehead atoms. The number of phenolic OH excluding ortho intramolecular Hbond substituents is 1. The lowest BCUT2D eigenvalue weighted by molar-refractivity contribution is -0.129. The summed E-state index contributed by atoms with van der Waals surface area (Å²) in [4.78, 5) is 12.4. The first-order chi connectivity index (χ1) is 11.0. The van der Waals surface area contributed by atoms with Crippen LogP contribution in [0.4, 0.5) is 0 Å². The lowest BCUT2D eigenvalue weighted by Crippen LogP contribution is -2.42. The fraction of sp³-hybridized carbons (Fsp3) is 0.571. The van der Waals surface area contributed by atoms with Crippen LogP contribution in [0.5, 0.6) is 5.75 Å². The van der Waals surface area contributed by atoms with Gasteiger partial charge in [0.15, 0.2) is 0 Å². The summed E-state index contributed by atoms with van der Waals surface area (Å²) < 4.78 is 0. The zero-order chi connectivity index (χ0) is 16.2. The van der Waals surface area contributed by atoms with E-state index in [1.54, 1.807) is 0 Å². The number of carbonyl (C=O) groups excluding carboxylic acids is 1. The normalized spacial score (nSPS) is 35.3. The maximum Gasteiger partial charge on any atom is 0.139 e. The Balaban J connectivity index is 1.73. The van der Waals surface area contributed by atoms with Gasteiger partial charge >= 0.3 is 0 Å². The van der Waals surface area contributed by atoms with Crippen LogP contribution in [-0.2, 0) is 17.6 Å². The summed E-state index contributed by atoms with van der Waals surface area (Å²) in [5, 5.41) is 10.2. The fourth-order valence-corrected chi connectivity index (χ4v) is 5.75. The molecule has 2 saturated carbocycles. The maximum atomic E-state index is 12.4. The van der Waals surface area contributed by atoms with E-state index in [4.69, 9.17) is 0 Å². The van der Waals surface area contributed by atoms with Crippen molar-refractivity contribution < 1.29 is 9.90 Å². The molecule has 3 aliphatic rings. The molecule has 122 valence electrons. The maximum absolute atomic E-state index is 12.4. The number of ketones is 1. The predicted molar refractivity (Wildman–Crippen MR) is 91.6 cm³/mol. The van der Waals surface area contributed by atoms with Crippen LogP contribution in [0.1, 0.15) is 61.6 Å². The smallest absolute Gasteiger partial charge is 0.139 e. The van der Waals surface area contributed by atoms with Crippen molar-refractivity contribution in [3.63, 3.8) is 0 Å². The van der Waals surface area contributed by atoms with E-state index < -0.39 is 0 Å². The van der Waals surface area contributed by atoms with Crippen molar-refractivity contribution in [2.75, 3.05) is 0 Å². The number of Topliss-reactive ketones (excluding diaryl/α,β-unsaturated/α-hetero) is 1. The molecule has 1 aromatic rings. The van der Waals surface area contributed by atoms with Crippen LogP contribution in [0.15, 0.2) is 24.8 Å². The first kappa shape index (κ1) is 15.0. The third-order valence-corrected chi connectivity index (χ3v) is 7.00. The average Bonchev–Trinajstić information content (AvgIpc) is 2.84. The Labute approximate surface area is 138 Å². The molecule has 0 saturated heterocycles. The predicted octanol–water partition coefficient (Wildman–Crippen LogP) is 4.55. The fourth-order valence-electron chi connectivity index (χ4n) is 5.75. The molecule has 0 amide bonds. The Morgan fingerprint density at radius 1 is 1.30 bits per heavy atom. The van der Waals surface area contributed by atoms with E-state index >= 15 is 0 Å². The summed E-state index contributed by atoms with van der Waals surface area (Å²) in [5.41, 5.74) is 3.71. The average molecular weight is 310 g/mol. The van der Waals surface area contributed by atoms with Crippen molar-refractivity contribution in [1.82, 2.24) is 0 Å². The van der Waals surface area contributed by atoms with E-state index in [2.05, 4.69) is 19.6 Å². The minimum atomic E-state index is -0.0560. The Morgan fingerprint density at radius 2 is 2.13 bits per heavy atom. The highest BCUT2D eigenvalue weighted by molar-refractivity contribution is 5.87. The second-order valence-electron chi connectivity index (χ2n) is 8.01. The van der Waals surface area contributed by atoms with Crippen LogP contribution in [-0.4, -0.2) is 10.9 Å². The van der Waals surface area contributed by atoms with Gasteiger partial charge in [-0.05, 0) is 79.0 Å². The second kappa shape index (κ2) is 5.22. The van der Waals surface area contributed by atoms with Crippen molar-refractivity contribution in [1.29, 1.82) is 0 Å². The molecule has 3 aliphatic carbocycles. The Kier molecular flexibility index (Phi) is 3.40. The Hall–Kier alpha value is -1.57. The van der Waals surface area contributed by atoms with Crippen LogP contribution >= 0.6 is 0 Å². The number of hydrogen-bond acceptors (Lipinski definition) is 2. The summed E-state index contributed by atoms with van der Waals surface area (Å²) in [5.74, 6) is 2.71. The molecule has 1 aromatic carbocycles. The van der Waals surface area contributed by atoms with Gasteiger partial charge in [0.2, 0.25) is 0 Å². The highest BCUT2D eigenvalue weighted by Crippen LogP contribution is 2.59. The van der Waals surface area contributed by atoms with Crippen molar-refractivity contribution in [3.05, 3.63) is 41.5 Å². The molecule has 2 nitrogen and oxygen atoms in total. The first-order valence-electron chi connectivity index (χ1n) is 9.03. The second-order valence-corrected chi connectivity index (χ2v) is 8.01. The van der Waals surface area contributed by atoms with Gasteiger partial charge in [0, 0.05) is 11.8 Å². The number of benzene rings is 1. The monoisotopic (exact) mass is 310 g/mol. The SMILES string of the molecule is C=CCc1cc2c(cc1O)CC[C@@H]1[C@@H]2CC[C@]2(C)C(=O)CC[C@@H]12. The van der Waals surface area contributed by atoms with Crippen molar-refractivity contribution in [2.45, 2.75) is 57.8 Å². The minimum Gasteiger partial charge on any atom is -0.508 e. The summed E-state index contributed by atoms with van der Waals surface area (Å²) in [6.45, 7) is 6.02. The molecule has 0 spiro atoms. The van der Waals surface area contributed by atoms with Gasteiger partial charge in [0.25, 0.3) is 0 Å². The molecule has 0 unspecified atom stereocenters. The molecule has 23 heavy (non-hydrogen) atoms. The van der Waals surface area contributed by atoms with Gasteiger partial charge in [-0.3, -0.25) is 4.79 Å². The lowest BCUT2D eigenvalue weighted by Gasteiger charge is -2.48. The molecular formula is C21H26O2. The number of phenols is 1. The Bertz CT molecular complexity index is 675. The highest BCUT2D eigenvalue weighted by Gasteiger charge is 2.54. The van der Waals surface area contributed by atoms with Gasteiger partial charge in [-0.15, -0.1) is 6.58 Å². The zero-order valence-corrected chi connectivity index (χ0v) is 14.0. The van der Waals surface area contributed by atoms with E-state index in [-0.39, 0.29) is 5.41 Å². The first-order valence-corrected chi connectivity index (χ1v) is 9.03. The number of rotatable bonds is 2. The van der Waals surface area contributed by atoms with Crippen molar-refractivity contribution in [2.24, 2.45) is 17.3 Å². The quantitative estimate of drug-likeness (QED) is 0.814. The third-order valence-electron chi connectivity index (χ3n) is 7.00. The number of aryl methyl sites for hydroxylation is 1. The summed E-state index contributed by atoms with van der Waals surface area (Å²) in [6, 6.07) is 4.21. The molecule has 4 atom stereocenters. The summed E-state index contributed by atoms with van der Waals surface area (Å²) in [6.07, 6.45) is 8.82. The van der Waals surface area contributed by atoms with Gasteiger partial charge in [-0.1, -0.05) is 19.1 Å². The summed E-state index contributed by atoms with van der Waals surface area (Å²) in [7, 11) is 0. The molecule has 0 heterocycles. The standard InChI is InChI=1S/C21H26O2/c1-3-4-14-11-17-13(12-19(14)22)5-6-16-15(17)9-10-21(2)18(16)7-8-20(21)23/h3,11-12,15-16,18,22H,1,4-10H2,2H3/t15-,16+,18-,21-/m0/s1. The largest absolute Gasteiger partial charge is 0.508 e. The van der Waals surface area contributed by atoms with Gasteiger partial charge in [0.05, 0.1) is 0 Å². The molecule has 4 rings (SSSR count). The van der Waals surface area contributed by atoms with Crippen molar-refractivity contribution in [3.8, 4) is 5.75 Å². The summed E-state index contributed by atoms with van der Waals surface area (Å²) >= 11 is 0. The van der Waals surface area contributed by atoms with Crippen LogP contribution in [0.25, 0.3) is 0 Å². The minimum absolute atomic E-state index is 0.0560. The molecule has 0 aromatic heterocycles. The van der Waals surface area contributed by atoms with E-state index in [0.29, 0.717) is 29.3 Å². The number of carbonyl (C=O) groups is 1. The van der Waals surface area contributed by atoms with Crippen LogP contribution in [0, 0.1) is 17.3 Å². The zero-order valence-electron chi connectivity index (χ0n) is 14.0. The van der Waals surface area contributed by atoms with Crippen LogP contribution in [0.2, 0.25) is 0 Å². The molecule has 2 fully saturated rings. The number of allylic oxidation sites excluding steroid dienone is 1.